The molecular formula is C12H15FN4O. The lowest BCUT2D eigenvalue weighted by atomic mass is 10.2. The van der Waals surface area contributed by atoms with Gasteiger partial charge in [-0.2, -0.15) is 5.10 Å². The second kappa shape index (κ2) is 5.03. The van der Waals surface area contributed by atoms with Gasteiger partial charge in [0.05, 0.1) is 0 Å². The van der Waals surface area contributed by atoms with Gasteiger partial charge in [0, 0.05) is 37.1 Å². The van der Waals surface area contributed by atoms with Gasteiger partial charge in [0.25, 0.3) is 5.56 Å². The zero-order valence-electron chi connectivity index (χ0n) is 10.3. The molecule has 5 nitrogen and oxygen atoms in total. The lowest BCUT2D eigenvalue weighted by Crippen LogP contribution is -2.23. The van der Waals surface area contributed by atoms with E-state index in [1.165, 1.54) is 6.07 Å². The van der Waals surface area contributed by atoms with Crippen LogP contribution in [0.5, 0.6) is 0 Å². The Hall–Kier alpha value is -2.11. The van der Waals surface area contributed by atoms with Crippen LogP contribution in [-0.2, 0) is 13.0 Å². The maximum Gasteiger partial charge on any atom is 0.253 e. The maximum absolute atomic E-state index is 13.0. The topological polar surface area (TPSA) is 64.8 Å². The molecule has 2 aromatic heterocycles. The van der Waals surface area contributed by atoms with E-state index in [1.54, 1.807) is 11.9 Å². The Kier molecular flexibility index (Phi) is 3.45. The second-order valence-corrected chi connectivity index (χ2v) is 4.13. The molecule has 0 radical (unpaired) electrons. The highest BCUT2D eigenvalue weighted by atomic mass is 19.1. The van der Waals surface area contributed by atoms with Gasteiger partial charge in [0.15, 0.2) is 5.82 Å². The zero-order valence-corrected chi connectivity index (χ0v) is 10.3. The highest BCUT2D eigenvalue weighted by molar-refractivity contribution is 5.39. The smallest absolute Gasteiger partial charge is 0.253 e. The molecular weight excluding hydrogens is 235 g/mol. The molecule has 0 bridgehead atoms. The minimum absolute atomic E-state index is 0.283. The number of anilines is 1. The number of pyridine rings is 1. The molecule has 6 heteroatoms. The van der Waals surface area contributed by atoms with E-state index in [-0.39, 0.29) is 5.56 Å². The van der Waals surface area contributed by atoms with Gasteiger partial charge in [-0.15, -0.1) is 0 Å². The van der Waals surface area contributed by atoms with Crippen molar-refractivity contribution < 1.29 is 4.39 Å². The molecule has 0 saturated carbocycles. The summed E-state index contributed by atoms with van der Waals surface area (Å²) >= 11 is 0. The standard InChI is InChI=1S/C12H15FN4O/c1-3-10-5-11(16-15-10)17(2)7-8-4-9(13)6-14-12(8)18/h4-6H,3,7H2,1-2H3,(H,14,18)(H,15,16). The predicted molar refractivity (Wildman–Crippen MR) is 67.1 cm³/mol. The number of aromatic nitrogens is 3. The van der Waals surface area contributed by atoms with Crippen molar-refractivity contribution >= 4 is 5.82 Å². The fourth-order valence-corrected chi connectivity index (χ4v) is 1.68. The van der Waals surface area contributed by atoms with E-state index in [4.69, 9.17) is 0 Å². The van der Waals surface area contributed by atoms with Crippen molar-refractivity contribution in [3.05, 3.63) is 45.8 Å². The Morgan fingerprint density at radius 3 is 2.89 bits per heavy atom. The minimum atomic E-state index is -0.450. The molecule has 18 heavy (non-hydrogen) atoms. The van der Waals surface area contributed by atoms with Crippen LogP contribution in [0.2, 0.25) is 0 Å². The molecule has 2 aromatic rings. The van der Waals surface area contributed by atoms with Crippen LogP contribution in [0.4, 0.5) is 10.2 Å². The molecule has 0 atom stereocenters. The molecule has 0 aromatic carbocycles. The average Bonchev–Trinajstić information content (AvgIpc) is 2.82. The molecule has 0 unspecified atom stereocenters. The normalized spacial score (nSPS) is 10.6. The van der Waals surface area contributed by atoms with Gasteiger partial charge in [-0.25, -0.2) is 4.39 Å². The predicted octanol–water partition coefficient (Wildman–Crippen LogP) is 1.44. The number of rotatable bonds is 4. The van der Waals surface area contributed by atoms with Gasteiger partial charge in [0.1, 0.15) is 5.82 Å². The van der Waals surface area contributed by atoms with Crippen LogP contribution in [-0.4, -0.2) is 22.2 Å². The Morgan fingerprint density at radius 2 is 2.22 bits per heavy atom. The summed E-state index contributed by atoms with van der Waals surface area (Å²) in [5.41, 5.74) is 1.11. The molecule has 0 fully saturated rings. The summed E-state index contributed by atoms with van der Waals surface area (Å²) in [7, 11) is 1.81. The third kappa shape index (κ3) is 2.58. The van der Waals surface area contributed by atoms with E-state index in [1.807, 2.05) is 13.0 Å². The molecule has 0 aliphatic rings. The van der Waals surface area contributed by atoms with Crippen LogP contribution in [0.3, 0.4) is 0 Å². The van der Waals surface area contributed by atoms with Gasteiger partial charge in [-0.3, -0.25) is 9.89 Å². The van der Waals surface area contributed by atoms with Crippen molar-refractivity contribution in [2.24, 2.45) is 0 Å². The zero-order chi connectivity index (χ0) is 13.1. The van der Waals surface area contributed by atoms with Crippen LogP contribution in [0.1, 0.15) is 18.2 Å². The van der Waals surface area contributed by atoms with E-state index in [2.05, 4.69) is 15.2 Å². The number of hydrogen-bond donors (Lipinski definition) is 2. The number of aromatic amines is 2. The summed E-state index contributed by atoms with van der Waals surface area (Å²) in [6.45, 7) is 2.33. The van der Waals surface area contributed by atoms with E-state index in [9.17, 15) is 9.18 Å². The first-order chi connectivity index (χ1) is 8.60. The van der Waals surface area contributed by atoms with Crippen molar-refractivity contribution in [1.29, 1.82) is 0 Å². The van der Waals surface area contributed by atoms with Crippen molar-refractivity contribution in [1.82, 2.24) is 15.2 Å². The molecule has 2 heterocycles. The van der Waals surface area contributed by atoms with Crippen molar-refractivity contribution in [2.75, 3.05) is 11.9 Å². The third-order valence-electron chi connectivity index (χ3n) is 2.74. The maximum atomic E-state index is 13.0. The first-order valence-corrected chi connectivity index (χ1v) is 5.72. The molecule has 2 N–H and O–H groups in total. The SMILES string of the molecule is CCc1cc(N(C)Cc2cc(F)c[nH]c2=O)n[nH]1. The summed E-state index contributed by atoms with van der Waals surface area (Å²) in [4.78, 5) is 15.7. The highest BCUT2D eigenvalue weighted by Gasteiger charge is 2.09. The number of halogens is 1. The fraction of sp³-hybridized carbons (Fsp3) is 0.333. The molecule has 0 amide bonds. The lowest BCUT2D eigenvalue weighted by molar-refractivity contribution is 0.616. The van der Waals surface area contributed by atoms with Gasteiger partial charge < -0.3 is 9.88 Å². The van der Waals surface area contributed by atoms with Crippen LogP contribution in [0.15, 0.2) is 23.1 Å². The van der Waals surface area contributed by atoms with E-state index >= 15 is 0 Å². The lowest BCUT2D eigenvalue weighted by Gasteiger charge is -2.15. The molecule has 0 aliphatic carbocycles. The molecule has 2 rings (SSSR count). The van der Waals surface area contributed by atoms with E-state index in [0.717, 1.165) is 24.1 Å². The first-order valence-electron chi connectivity index (χ1n) is 5.72. The third-order valence-corrected chi connectivity index (χ3v) is 2.74. The average molecular weight is 250 g/mol. The Morgan fingerprint density at radius 1 is 1.44 bits per heavy atom. The molecule has 96 valence electrons. The monoisotopic (exact) mass is 250 g/mol. The number of H-pyrrole nitrogens is 2. The molecule has 0 saturated heterocycles. The Labute approximate surface area is 104 Å². The van der Waals surface area contributed by atoms with Crippen LogP contribution in [0.25, 0.3) is 0 Å². The summed E-state index contributed by atoms with van der Waals surface area (Å²) < 4.78 is 13.0. The van der Waals surface area contributed by atoms with E-state index < -0.39 is 5.82 Å². The summed E-state index contributed by atoms with van der Waals surface area (Å²) in [5, 5.41) is 7.03. The van der Waals surface area contributed by atoms with Gasteiger partial charge >= 0.3 is 0 Å². The van der Waals surface area contributed by atoms with Crippen LogP contribution < -0.4 is 10.5 Å². The minimum Gasteiger partial charge on any atom is -0.354 e. The number of hydrogen-bond acceptors (Lipinski definition) is 3. The Bertz CT molecular complexity index is 590. The van der Waals surface area contributed by atoms with Crippen LogP contribution >= 0.6 is 0 Å². The fourth-order valence-electron chi connectivity index (χ4n) is 1.68. The van der Waals surface area contributed by atoms with E-state index in [0.29, 0.717) is 12.1 Å². The second-order valence-electron chi connectivity index (χ2n) is 4.13. The van der Waals surface area contributed by atoms with Crippen molar-refractivity contribution in [2.45, 2.75) is 19.9 Å². The summed E-state index contributed by atoms with van der Waals surface area (Å²) in [6.07, 6.45) is 1.91. The largest absolute Gasteiger partial charge is 0.354 e. The highest BCUT2D eigenvalue weighted by Crippen LogP contribution is 2.12. The Balaban J connectivity index is 2.18. The van der Waals surface area contributed by atoms with Gasteiger partial charge in [-0.05, 0) is 12.5 Å². The van der Waals surface area contributed by atoms with Crippen molar-refractivity contribution in [3.63, 3.8) is 0 Å². The van der Waals surface area contributed by atoms with Crippen molar-refractivity contribution in [3.8, 4) is 0 Å². The first kappa shape index (κ1) is 12.3. The van der Waals surface area contributed by atoms with Gasteiger partial charge in [0.2, 0.25) is 0 Å². The molecule has 0 spiro atoms. The quantitative estimate of drug-likeness (QED) is 0.863. The summed E-state index contributed by atoms with van der Waals surface area (Å²) in [6, 6.07) is 3.15. The molecule has 0 aliphatic heterocycles. The summed E-state index contributed by atoms with van der Waals surface area (Å²) in [5.74, 6) is 0.282. The van der Waals surface area contributed by atoms with Crippen LogP contribution in [0, 0.1) is 5.82 Å². The number of nitrogens with one attached hydrogen (secondary N) is 2. The number of nitrogens with zero attached hydrogens (tertiary/aromatic N) is 2. The van der Waals surface area contributed by atoms with Gasteiger partial charge in [-0.1, -0.05) is 6.92 Å². The number of aryl methyl sites for hydroxylation is 1.